The lowest BCUT2D eigenvalue weighted by Gasteiger charge is -1.98. The van der Waals surface area contributed by atoms with Gasteiger partial charge in [0.15, 0.2) is 0 Å². The lowest BCUT2D eigenvalue weighted by molar-refractivity contribution is -0.141. The first-order valence-electron chi connectivity index (χ1n) is 3.51. The van der Waals surface area contributed by atoms with Crippen LogP contribution >= 0.6 is 0 Å². The Morgan fingerprint density at radius 2 is 2.55 bits per heavy atom. The average Bonchev–Trinajstić information content (AvgIpc) is 2.40. The second-order valence-electron chi connectivity index (χ2n) is 2.82. The molecule has 0 saturated heterocycles. The maximum atomic E-state index is 10.5. The lowest BCUT2D eigenvalue weighted by atomic mass is 10.1. The zero-order valence-electron chi connectivity index (χ0n) is 5.87. The molecule has 0 aliphatic heterocycles. The zero-order chi connectivity index (χ0) is 7.84. The summed E-state index contributed by atoms with van der Waals surface area (Å²) >= 11 is 0. The van der Waals surface area contributed by atoms with Gasteiger partial charge in [0.1, 0.15) is 0 Å². The normalized spacial score (nSPS) is 21.6. The van der Waals surface area contributed by atoms with E-state index in [9.17, 15) is 4.79 Å². The molecule has 0 amide bonds. The summed E-state index contributed by atoms with van der Waals surface area (Å²) in [4.78, 5) is 10.5. The summed E-state index contributed by atoms with van der Waals surface area (Å²) in [7, 11) is 0. The molecule has 58 valence electrons. The van der Waals surface area contributed by atoms with Crippen molar-refractivity contribution in [1.82, 2.24) is 10.2 Å². The van der Waals surface area contributed by atoms with Crippen molar-refractivity contribution < 1.29 is 9.90 Å². The predicted molar refractivity (Wildman–Crippen MR) is 37.1 cm³/mol. The molecule has 1 heterocycles. The van der Waals surface area contributed by atoms with Crippen molar-refractivity contribution in [1.29, 1.82) is 0 Å². The predicted octanol–water partition coefficient (Wildman–Crippen LogP) is 0.209. The largest absolute Gasteiger partial charge is 0.481 e. The van der Waals surface area contributed by atoms with Gasteiger partial charge in [0.25, 0.3) is 0 Å². The number of carbonyl (C=O) groups is 1. The first-order chi connectivity index (χ1) is 5.27. The number of rotatable bonds is 1. The maximum Gasteiger partial charge on any atom is 0.307 e. The van der Waals surface area contributed by atoms with Gasteiger partial charge >= 0.3 is 5.97 Å². The van der Waals surface area contributed by atoms with E-state index in [2.05, 4.69) is 10.2 Å². The van der Waals surface area contributed by atoms with Gasteiger partial charge in [-0.25, -0.2) is 0 Å². The van der Waals surface area contributed by atoms with Crippen LogP contribution in [0.5, 0.6) is 0 Å². The van der Waals surface area contributed by atoms with Crippen molar-refractivity contribution >= 4 is 5.97 Å². The van der Waals surface area contributed by atoms with Crippen LogP contribution in [-0.2, 0) is 17.6 Å². The fraction of sp³-hybridized carbons (Fsp3) is 0.429. The SMILES string of the molecule is O=C(O)[C@@H]1Cc2cn[nH]c2C1. The molecule has 1 aromatic heterocycles. The van der Waals surface area contributed by atoms with Crippen LogP contribution in [0.25, 0.3) is 0 Å². The fourth-order valence-corrected chi connectivity index (χ4v) is 1.45. The van der Waals surface area contributed by atoms with Gasteiger partial charge in [0.05, 0.1) is 12.1 Å². The number of aromatic nitrogens is 2. The van der Waals surface area contributed by atoms with Crippen molar-refractivity contribution in [3.8, 4) is 0 Å². The van der Waals surface area contributed by atoms with Crippen LogP contribution in [0.4, 0.5) is 0 Å². The Hall–Kier alpha value is -1.32. The molecule has 0 saturated carbocycles. The van der Waals surface area contributed by atoms with Crippen LogP contribution in [0.15, 0.2) is 6.20 Å². The molecule has 0 radical (unpaired) electrons. The molecule has 11 heavy (non-hydrogen) atoms. The van der Waals surface area contributed by atoms with E-state index < -0.39 is 5.97 Å². The van der Waals surface area contributed by atoms with E-state index in [4.69, 9.17) is 5.11 Å². The molecule has 4 nitrogen and oxygen atoms in total. The number of hydrogen-bond donors (Lipinski definition) is 2. The minimum atomic E-state index is -0.713. The summed E-state index contributed by atoms with van der Waals surface area (Å²) in [5.74, 6) is -0.950. The third-order valence-electron chi connectivity index (χ3n) is 2.07. The van der Waals surface area contributed by atoms with Crippen LogP contribution in [0.1, 0.15) is 11.3 Å². The molecule has 0 unspecified atom stereocenters. The number of H-pyrrole nitrogens is 1. The monoisotopic (exact) mass is 152 g/mol. The van der Waals surface area contributed by atoms with Gasteiger partial charge in [-0.1, -0.05) is 0 Å². The Morgan fingerprint density at radius 3 is 3.18 bits per heavy atom. The van der Waals surface area contributed by atoms with Gasteiger partial charge in [-0.05, 0) is 12.0 Å². The number of fused-ring (bicyclic) bond motifs is 1. The topological polar surface area (TPSA) is 66.0 Å². The van der Waals surface area contributed by atoms with Crippen LogP contribution in [0.3, 0.4) is 0 Å². The van der Waals surface area contributed by atoms with Gasteiger partial charge in [-0.3, -0.25) is 9.89 Å². The molecule has 1 aromatic rings. The minimum absolute atomic E-state index is 0.237. The summed E-state index contributed by atoms with van der Waals surface area (Å²) in [6.45, 7) is 0. The van der Waals surface area contributed by atoms with E-state index in [0.717, 1.165) is 11.3 Å². The zero-order valence-corrected chi connectivity index (χ0v) is 5.87. The van der Waals surface area contributed by atoms with Gasteiger partial charge in [-0.15, -0.1) is 0 Å². The van der Waals surface area contributed by atoms with E-state index in [1.165, 1.54) is 0 Å². The maximum absolute atomic E-state index is 10.5. The first-order valence-corrected chi connectivity index (χ1v) is 3.51. The number of aromatic amines is 1. The quantitative estimate of drug-likeness (QED) is 0.604. The number of nitrogens with one attached hydrogen (secondary N) is 1. The molecule has 4 heteroatoms. The van der Waals surface area contributed by atoms with E-state index in [1.807, 2.05) is 0 Å². The van der Waals surface area contributed by atoms with Crippen LogP contribution in [0.2, 0.25) is 0 Å². The molecule has 1 aliphatic rings. The Kier molecular flexibility index (Phi) is 1.21. The lowest BCUT2D eigenvalue weighted by Crippen LogP contribution is -2.13. The highest BCUT2D eigenvalue weighted by Gasteiger charge is 2.28. The van der Waals surface area contributed by atoms with E-state index in [0.29, 0.717) is 12.8 Å². The summed E-state index contributed by atoms with van der Waals surface area (Å²) in [6.07, 6.45) is 2.93. The molecule has 2 N–H and O–H groups in total. The number of carboxylic acid groups (broad SMARTS) is 1. The van der Waals surface area contributed by atoms with E-state index in [1.54, 1.807) is 6.20 Å². The summed E-state index contributed by atoms with van der Waals surface area (Å²) < 4.78 is 0. The summed E-state index contributed by atoms with van der Waals surface area (Å²) in [5, 5.41) is 15.3. The highest BCUT2D eigenvalue weighted by atomic mass is 16.4. The molecule has 0 fully saturated rings. The molecule has 2 rings (SSSR count). The number of aliphatic carboxylic acids is 1. The van der Waals surface area contributed by atoms with Crippen molar-refractivity contribution in [2.45, 2.75) is 12.8 Å². The summed E-state index contributed by atoms with van der Waals surface area (Å²) in [6, 6.07) is 0. The minimum Gasteiger partial charge on any atom is -0.481 e. The summed E-state index contributed by atoms with van der Waals surface area (Å²) in [5.41, 5.74) is 2.04. The standard InChI is InChI=1S/C7H8N2O2/c10-7(11)4-1-5-3-8-9-6(5)2-4/h3-4H,1-2H2,(H,8,9)(H,10,11)/t4-/m1/s1. The van der Waals surface area contributed by atoms with E-state index in [-0.39, 0.29) is 5.92 Å². The van der Waals surface area contributed by atoms with Gasteiger partial charge in [0.2, 0.25) is 0 Å². The van der Waals surface area contributed by atoms with Gasteiger partial charge in [0, 0.05) is 12.1 Å². The smallest absolute Gasteiger partial charge is 0.307 e. The first kappa shape index (κ1) is 6.39. The van der Waals surface area contributed by atoms with Gasteiger partial charge < -0.3 is 5.11 Å². The highest BCUT2D eigenvalue weighted by Crippen LogP contribution is 2.24. The average molecular weight is 152 g/mol. The molecular formula is C7H8N2O2. The molecule has 0 bridgehead atoms. The van der Waals surface area contributed by atoms with Crippen molar-refractivity contribution in [2.24, 2.45) is 5.92 Å². The molecular weight excluding hydrogens is 144 g/mol. The van der Waals surface area contributed by atoms with Crippen molar-refractivity contribution in [3.63, 3.8) is 0 Å². The number of carboxylic acids is 1. The van der Waals surface area contributed by atoms with Crippen molar-refractivity contribution in [2.75, 3.05) is 0 Å². The second-order valence-corrected chi connectivity index (χ2v) is 2.82. The van der Waals surface area contributed by atoms with Crippen molar-refractivity contribution in [3.05, 3.63) is 17.5 Å². The molecule has 0 spiro atoms. The third kappa shape index (κ3) is 0.906. The Labute approximate surface area is 63.2 Å². The molecule has 1 atom stereocenters. The second kappa shape index (κ2) is 2.08. The Bertz CT molecular complexity index is 272. The van der Waals surface area contributed by atoms with Crippen LogP contribution in [-0.4, -0.2) is 21.3 Å². The Morgan fingerprint density at radius 1 is 1.73 bits per heavy atom. The fourth-order valence-electron chi connectivity index (χ4n) is 1.45. The van der Waals surface area contributed by atoms with Crippen LogP contribution < -0.4 is 0 Å². The van der Waals surface area contributed by atoms with E-state index >= 15 is 0 Å². The number of nitrogens with zero attached hydrogens (tertiary/aromatic N) is 1. The Balaban J connectivity index is 2.22. The highest BCUT2D eigenvalue weighted by molar-refractivity contribution is 5.71. The number of hydrogen-bond acceptors (Lipinski definition) is 2. The molecule has 0 aromatic carbocycles. The van der Waals surface area contributed by atoms with Gasteiger partial charge in [-0.2, -0.15) is 5.10 Å². The molecule has 1 aliphatic carbocycles. The third-order valence-corrected chi connectivity index (χ3v) is 2.07. The van der Waals surface area contributed by atoms with Crippen LogP contribution in [0, 0.1) is 5.92 Å².